The molecule has 41 heavy (non-hydrogen) atoms. The minimum absolute atomic E-state index is 0.210. The molecule has 0 amide bonds. The Morgan fingerprint density at radius 3 is 2.49 bits per heavy atom. The van der Waals surface area contributed by atoms with Gasteiger partial charge in [-0.25, -0.2) is 8.42 Å². The molecule has 0 atom stereocenters. The minimum atomic E-state index is -3.88. The molecule has 0 aromatic heterocycles. The van der Waals surface area contributed by atoms with Crippen molar-refractivity contribution in [3.8, 4) is 11.5 Å². The molecule has 0 bridgehead atoms. The number of hydrogen-bond donors (Lipinski definition) is 1. The Morgan fingerprint density at radius 2 is 1.71 bits per heavy atom. The van der Waals surface area contributed by atoms with E-state index in [9.17, 15) is 8.42 Å². The van der Waals surface area contributed by atoms with Crippen molar-refractivity contribution in [2.45, 2.75) is 31.4 Å². The van der Waals surface area contributed by atoms with Gasteiger partial charge in [0.05, 0.1) is 24.4 Å². The molecule has 0 saturated carbocycles. The molecule has 2 aliphatic heterocycles. The maximum absolute atomic E-state index is 13.7. The lowest BCUT2D eigenvalue weighted by molar-refractivity contribution is -0.194. The lowest BCUT2D eigenvalue weighted by atomic mass is 10.1. The molecule has 0 unspecified atom stereocenters. The van der Waals surface area contributed by atoms with Gasteiger partial charge in [0.1, 0.15) is 18.2 Å². The van der Waals surface area contributed by atoms with Crippen LogP contribution in [0.5, 0.6) is 11.5 Å². The van der Waals surface area contributed by atoms with Gasteiger partial charge in [-0.3, -0.25) is 4.72 Å². The highest BCUT2D eigenvalue weighted by Gasteiger charge is 2.33. The molecule has 2 heterocycles. The van der Waals surface area contributed by atoms with Crippen molar-refractivity contribution < 1.29 is 22.9 Å². The van der Waals surface area contributed by atoms with E-state index in [1.807, 2.05) is 73.7 Å². The Labute approximate surface area is 240 Å². The van der Waals surface area contributed by atoms with Crippen molar-refractivity contribution >= 4 is 15.7 Å². The fourth-order valence-corrected chi connectivity index (χ4v) is 6.21. The van der Waals surface area contributed by atoms with E-state index in [1.54, 1.807) is 31.4 Å². The molecule has 0 saturated heterocycles. The minimum Gasteiger partial charge on any atom is -0.497 e. The Balaban J connectivity index is 1.45. The zero-order chi connectivity index (χ0) is 28.4. The summed E-state index contributed by atoms with van der Waals surface area (Å²) in [5.41, 5.74) is 5.78. The van der Waals surface area contributed by atoms with Gasteiger partial charge in [-0.15, -0.1) is 0 Å². The molecular weight excluding hydrogens is 538 g/mol. The predicted octanol–water partition coefficient (Wildman–Crippen LogP) is 5.50. The number of anilines is 1. The summed E-state index contributed by atoms with van der Waals surface area (Å²) in [4.78, 5) is 14.8. The van der Waals surface area contributed by atoms with E-state index in [2.05, 4.69) is 20.6 Å². The molecule has 0 spiro atoms. The average Bonchev–Trinajstić information content (AvgIpc) is 3.58. The first-order chi connectivity index (χ1) is 19.9. The van der Waals surface area contributed by atoms with Gasteiger partial charge >= 0.3 is 0 Å². The fraction of sp³-hybridized carbons (Fsp3) is 0.188. The first-order valence-electron chi connectivity index (χ1n) is 13.3. The number of nitrogens with zero attached hydrogens (tertiary/aromatic N) is 2. The maximum atomic E-state index is 13.7. The van der Waals surface area contributed by atoms with Crippen LogP contribution in [-0.2, 0) is 34.5 Å². The summed E-state index contributed by atoms with van der Waals surface area (Å²) >= 11 is 0. The van der Waals surface area contributed by atoms with Crippen molar-refractivity contribution in [2.24, 2.45) is 0 Å². The SMILES string of the molecule is COc1cccc(CN2CN(c3ccccc3)C(Cc3ccc4c(c3)COO4)=C2NS(=O)(=O)c2ccc(C)cc2)c1. The van der Waals surface area contributed by atoms with Gasteiger partial charge in [-0.1, -0.05) is 54.1 Å². The van der Waals surface area contributed by atoms with Crippen LogP contribution >= 0.6 is 0 Å². The van der Waals surface area contributed by atoms with Crippen molar-refractivity contribution in [1.29, 1.82) is 0 Å². The Bertz CT molecular complexity index is 1690. The number of para-hydroxylation sites is 1. The van der Waals surface area contributed by atoms with E-state index in [0.717, 1.165) is 39.4 Å². The summed E-state index contributed by atoms with van der Waals surface area (Å²) in [5, 5.41) is 0. The topological polar surface area (TPSA) is 80.3 Å². The van der Waals surface area contributed by atoms with Gasteiger partial charge in [0.15, 0.2) is 5.75 Å². The van der Waals surface area contributed by atoms with Crippen molar-refractivity contribution in [1.82, 2.24) is 9.62 Å². The first kappa shape index (κ1) is 26.7. The zero-order valence-corrected chi connectivity index (χ0v) is 23.7. The maximum Gasteiger partial charge on any atom is 0.263 e. The van der Waals surface area contributed by atoms with Crippen LogP contribution in [0.2, 0.25) is 0 Å². The molecule has 0 radical (unpaired) electrons. The molecule has 1 N–H and O–H groups in total. The smallest absolute Gasteiger partial charge is 0.263 e. The summed E-state index contributed by atoms with van der Waals surface area (Å²) in [7, 11) is -2.24. The second kappa shape index (κ2) is 11.2. The quantitative estimate of drug-likeness (QED) is 0.267. The van der Waals surface area contributed by atoms with Gasteiger partial charge in [0, 0.05) is 24.2 Å². The summed E-state index contributed by atoms with van der Waals surface area (Å²) < 4.78 is 35.9. The van der Waals surface area contributed by atoms with Gasteiger partial charge in [-0.05, 0) is 66.6 Å². The number of fused-ring (bicyclic) bond motifs is 1. The number of nitrogens with one attached hydrogen (secondary N) is 1. The third-order valence-electron chi connectivity index (χ3n) is 7.22. The average molecular weight is 570 g/mol. The third-order valence-corrected chi connectivity index (χ3v) is 8.58. The summed E-state index contributed by atoms with van der Waals surface area (Å²) in [6.07, 6.45) is 0.489. The molecule has 2 aliphatic rings. The second-order valence-corrected chi connectivity index (χ2v) is 11.8. The highest BCUT2D eigenvalue weighted by molar-refractivity contribution is 7.89. The van der Waals surface area contributed by atoms with Crippen LogP contribution in [0.1, 0.15) is 22.3 Å². The van der Waals surface area contributed by atoms with E-state index in [-0.39, 0.29) is 4.90 Å². The molecule has 4 aromatic rings. The summed E-state index contributed by atoms with van der Waals surface area (Å²) in [6, 6.07) is 30.6. The van der Waals surface area contributed by atoms with Crippen LogP contribution in [0.15, 0.2) is 113 Å². The van der Waals surface area contributed by atoms with E-state index >= 15 is 0 Å². The third kappa shape index (κ3) is 5.73. The van der Waals surface area contributed by atoms with Crippen LogP contribution < -0.4 is 19.2 Å². The predicted molar refractivity (Wildman–Crippen MR) is 156 cm³/mol. The van der Waals surface area contributed by atoms with Crippen LogP contribution in [0.25, 0.3) is 0 Å². The molecule has 8 nitrogen and oxygen atoms in total. The molecule has 0 fully saturated rings. The number of aryl methyl sites for hydroxylation is 1. The number of benzene rings is 4. The Hall–Kier alpha value is -4.47. The molecular formula is C32H31N3O5S. The summed E-state index contributed by atoms with van der Waals surface area (Å²) in [6.45, 7) is 3.24. The number of methoxy groups -OCH3 is 1. The normalized spacial score (nSPS) is 14.7. The van der Waals surface area contributed by atoms with Gasteiger partial charge < -0.3 is 19.4 Å². The molecule has 210 valence electrons. The van der Waals surface area contributed by atoms with Crippen molar-refractivity contribution in [2.75, 3.05) is 18.7 Å². The van der Waals surface area contributed by atoms with E-state index in [1.165, 1.54) is 0 Å². The van der Waals surface area contributed by atoms with Crippen molar-refractivity contribution in [3.05, 3.63) is 131 Å². The van der Waals surface area contributed by atoms with Gasteiger partial charge in [-0.2, -0.15) is 4.89 Å². The highest BCUT2D eigenvalue weighted by Crippen LogP contribution is 2.34. The fourth-order valence-electron chi connectivity index (χ4n) is 5.10. The molecule has 9 heteroatoms. The van der Waals surface area contributed by atoms with E-state index in [0.29, 0.717) is 37.8 Å². The number of hydrogen-bond acceptors (Lipinski definition) is 7. The number of ether oxygens (including phenoxy) is 1. The molecule has 6 rings (SSSR count). The highest BCUT2D eigenvalue weighted by atomic mass is 32.2. The monoisotopic (exact) mass is 569 g/mol. The largest absolute Gasteiger partial charge is 0.497 e. The van der Waals surface area contributed by atoms with Crippen LogP contribution in [0, 0.1) is 6.92 Å². The first-order valence-corrected chi connectivity index (χ1v) is 14.8. The number of sulfonamides is 1. The Morgan fingerprint density at radius 1 is 0.902 bits per heavy atom. The van der Waals surface area contributed by atoms with Crippen LogP contribution in [0.3, 0.4) is 0 Å². The number of allylic oxidation sites excluding steroid dienone is 1. The Kier molecular flexibility index (Phi) is 7.30. The van der Waals surface area contributed by atoms with E-state index < -0.39 is 10.0 Å². The van der Waals surface area contributed by atoms with Crippen molar-refractivity contribution in [3.63, 3.8) is 0 Å². The zero-order valence-electron chi connectivity index (χ0n) is 22.9. The standard InChI is InChI=1S/C32H31N3O5S/c1-23-11-14-29(15-12-23)41(36,37)33-32-30(19-24-13-16-31-26(17-24)21-39-40-31)35(27-8-4-3-5-9-27)22-34(32)20-25-7-6-10-28(18-25)38-2/h3-18,33H,19-22H2,1-2H3. The molecule has 4 aromatic carbocycles. The second-order valence-electron chi connectivity index (χ2n) is 10.1. The van der Waals surface area contributed by atoms with Crippen LogP contribution in [0.4, 0.5) is 5.69 Å². The number of rotatable bonds is 9. The van der Waals surface area contributed by atoms with Crippen LogP contribution in [-0.4, -0.2) is 27.1 Å². The van der Waals surface area contributed by atoms with E-state index in [4.69, 9.17) is 14.5 Å². The summed E-state index contributed by atoms with van der Waals surface area (Å²) in [5.74, 6) is 1.98. The molecule has 0 aliphatic carbocycles. The van der Waals surface area contributed by atoms with Gasteiger partial charge in [0.25, 0.3) is 10.0 Å². The van der Waals surface area contributed by atoms with Gasteiger partial charge in [0.2, 0.25) is 0 Å². The lowest BCUT2D eigenvalue weighted by Crippen LogP contribution is -2.34. The lowest BCUT2D eigenvalue weighted by Gasteiger charge is -2.25.